The van der Waals surface area contributed by atoms with Crippen molar-refractivity contribution < 1.29 is 28.6 Å². The maximum absolute atomic E-state index is 12.8. The Morgan fingerprint density at radius 1 is 0.309 bits per heavy atom. The van der Waals surface area contributed by atoms with Crippen molar-refractivity contribution in [1.82, 2.24) is 0 Å². The molecule has 0 fully saturated rings. The molecule has 0 N–H and O–H groups in total. The van der Waals surface area contributed by atoms with Gasteiger partial charge in [-0.05, 0) is 109 Å². The van der Waals surface area contributed by atoms with Crippen LogP contribution in [0.4, 0.5) is 0 Å². The minimum atomic E-state index is -0.813. The molecule has 68 heavy (non-hydrogen) atoms. The number of rotatable bonds is 51. The lowest BCUT2D eigenvalue weighted by molar-refractivity contribution is -0.167. The number of unbranched alkanes of at least 4 members (excludes halogenated alkanes) is 27. The summed E-state index contributed by atoms with van der Waals surface area (Å²) in [7, 11) is 0. The summed E-state index contributed by atoms with van der Waals surface area (Å²) in [5.74, 6) is -0.990. The highest BCUT2D eigenvalue weighted by Crippen LogP contribution is 2.14. The van der Waals surface area contributed by atoms with E-state index in [-0.39, 0.29) is 37.5 Å². The third-order valence-electron chi connectivity index (χ3n) is 12.1. The van der Waals surface area contributed by atoms with Gasteiger partial charge in [0.2, 0.25) is 0 Å². The second-order valence-corrected chi connectivity index (χ2v) is 18.9. The van der Waals surface area contributed by atoms with Gasteiger partial charge in [0.15, 0.2) is 6.10 Å². The van der Waals surface area contributed by atoms with Crippen LogP contribution in [0.1, 0.15) is 271 Å². The van der Waals surface area contributed by atoms with Gasteiger partial charge in [0.05, 0.1) is 0 Å². The lowest BCUT2D eigenvalue weighted by Gasteiger charge is -2.18. The Morgan fingerprint density at radius 2 is 0.588 bits per heavy atom. The van der Waals surface area contributed by atoms with Crippen molar-refractivity contribution in [3.63, 3.8) is 0 Å². The minimum Gasteiger partial charge on any atom is -0.462 e. The minimum absolute atomic E-state index is 0.109. The fourth-order valence-corrected chi connectivity index (χ4v) is 7.77. The number of carbonyl (C=O) groups is 3. The van der Waals surface area contributed by atoms with E-state index in [1.54, 1.807) is 0 Å². The number of hydrogen-bond acceptors (Lipinski definition) is 6. The molecule has 0 rings (SSSR count). The van der Waals surface area contributed by atoms with Crippen LogP contribution in [0, 0.1) is 0 Å². The van der Waals surface area contributed by atoms with Crippen LogP contribution in [-0.2, 0) is 28.6 Å². The summed E-state index contributed by atoms with van der Waals surface area (Å²) in [5.41, 5.74) is 0. The van der Waals surface area contributed by atoms with Gasteiger partial charge in [0.25, 0.3) is 0 Å². The summed E-state index contributed by atoms with van der Waals surface area (Å²) in [6.45, 7) is 6.54. The smallest absolute Gasteiger partial charge is 0.306 e. The Kier molecular flexibility index (Phi) is 53.4. The van der Waals surface area contributed by atoms with Gasteiger partial charge in [-0.1, -0.05) is 228 Å². The fraction of sp³-hybridized carbons (Fsp3) is 0.726. The van der Waals surface area contributed by atoms with E-state index in [4.69, 9.17) is 14.2 Å². The summed E-state index contributed by atoms with van der Waals surface area (Å²) < 4.78 is 16.8. The number of carbonyl (C=O) groups excluding carboxylic acids is 3. The van der Waals surface area contributed by atoms with Gasteiger partial charge in [0, 0.05) is 19.3 Å². The largest absolute Gasteiger partial charge is 0.462 e. The highest BCUT2D eigenvalue weighted by Gasteiger charge is 2.19. The van der Waals surface area contributed by atoms with Crippen LogP contribution < -0.4 is 0 Å². The average Bonchev–Trinajstić information content (AvgIpc) is 3.34. The predicted molar refractivity (Wildman–Crippen MR) is 293 cm³/mol. The predicted octanol–water partition coefficient (Wildman–Crippen LogP) is 19.2. The standard InChI is InChI=1S/C62H106O6/c1-4-7-10-13-16-19-22-25-28-31-34-37-40-43-46-49-52-55-61(64)67-58-59(57-66-60(63)54-51-48-45-42-39-36-33-30-27-24-21-18-15-12-9-6-3)68-62(65)56-53-50-47-44-41-38-35-32-29-26-23-20-17-14-11-8-5-2/h17,20,25-26,28-30,33-34,36-37,39,43,46,59H,4-16,18-19,21-24,27,31-32,35,38,40-42,44-45,47-58H2,1-3H3/b20-17-,28-25-,29-26-,33-30-,37-34-,39-36-,46-43-. The molecule has 0 aromatic carbocycles. The van der Waals surface area contributed by atoms with Gasteiger partial charge in [-0.25, -0.2) is 0 Å². The first-order chi connectivity index (χ1) is 33.5. The highest BCUT2D eigenvalue weighted by atomic mass is 16.6. The zero-order valence-electron chi connectivity index (χ0n) is 44.6. The van der Waals surface area contributed by atoms with E-state index in [9.17, 15) is 14.4 Å². The van der Waals surface area contributed by atoms with Crippen molar-refractivity contribution in [2.45, 2.75) is 277 Å². The fourth-order valence-electron chi connectivity index (χ4n) is 7.77. The molecule has 0 bridgehead atoms. The summed E-state index contributed by atoms with van der Waals surface area (Å²) >= 11 is 0. The molecule has 0 aliphatic rings. The summed E-state index contributed by atoms with van der Waals surface area (Å²) in [5, 5.41) is 0. The van der Waals surface area contributed by atoms with Gasteiger partial charge < -0.3 is 14.2 Å². The summed E-state index contributed by atoms with van der Waals surface area (Å²) in [4.78, 5) is 38.1. The highest BCUT2D eigenvalue weighted by molar-refractivity contribution is 5.71. The first-order valence-corrected chi connectivity index (χ1v) is 28.6. The maximum atomic E-state index is 12.8. The number of allylic oxidation sites excluding steroid dienone is 14. The van der Waals surface area contributed by atoms with E-state index >= 15 is 0 Å². The molecule has 0 aliphatic carbocycles. The van der Waals surface area contributed by atoms with Gasteiger partial charge in [-0.2, -0.15) is 0 Å². The Bertz CT molecular complexity index is 1320. The summed E-state index contributed by atoms with van der Waals surface area (Å²) in [6, 6.07) is 0. The monoisotopic (exact) mass is 947 g/mol. The lowest BCUT2D eigenvalue weighted by Crippen LogP contribution is -2.30. The van der Waals surface area contributed by atoms with E-state index in [1.807, 2.05) is 0 Å². The number of hydrogen-bond donors (Lipinski definition) is 0. The molecule has 6 nitrogen and oxygen atoms in total. The first kappa shape index (κ1) is 64.6. The van der Waals surface area contributed by atoms with Crippen molar-refractivity contribution >= 4 is 17.9 Å². The lowest BCUT2D eigenvalue weighted by atomic mass is 10.1. The van der Waals surface area contributed by atoms with Crippen molar-refractivity contribution in [1.29, 1.82) is 0 Å². The maximum Gasteiger partial charge on any atom is 0.306 e. The number of esters is 3. The van der Waals surface area contributed by atoms with Crippen molar-refractivity contribution in [3.05, 3.63) is 85.1 Å². The average molecular weight is 948 g/mol. The van der Waals surface area contributed by atoms with Crippen LogP contribution in [0.5, 0.6) is 0 Å². The molecule has 0 amide bonds. The van der Waals surface area contributed by atoms with Gasteiger partial charge in [-0.15, -0.1) is 0 Å². The van der Waals surface area contributed by atoms with Gasteiger partial charge >= 0.3 is 17.9 Å². The molecule has 6 heteroatoms. The van der Waals surface area contributed by atoms with Crippen LogP contribution in [0.15, 0.2) is 85.1 Å². The molecule has 0 aromatic heterocycles. The zero-order valence-corrected chi connectivity index (χ0v) is 44.6. The quantitative estimate of drug-likeness (QED) is 0.0199. The molecule has 0 radical (unpaired) electrons. The Hall–Kier alpha value is -3.41. The third kappa shape index (κ3) is 53.5. The van der Waals surface area contributed by atoms with Gasteiger partial charge in [0.1, 0.15) is 13.2 Å². The Morgan fingerprint density at radius 3 is 1.01 bits per heavy atom. The molecule has 390 valence electrons. The normalized spacial score (nSPS) is 12.7. The van der Waals surface area contributed by atoms with E-state index in [2.05, 4.69) is 106 Å². The van der Waals surface area contributed by atoms with Gasteiger partial charge in [-0.3, -0.25) is 14.4 Å². The van der Waals surface area contributed by atoms with Crippen LogP contribution in [0.3, 0.4) is 0 Å². The van der Waals surface area contributed by atoms with Crippen LogP contribution in [0.2, 0.25) is 0 Å². The van der Waals surface area contributed by atoms with Crippen molar-refractivity contribution in [2.75, 3.05) is 13.2 Å². The second kappa shape index (κ2) is 56.2. The van der Waals surface area contributed by atoms with Crippen molar-refractivity contribution in [2.24, 2.45) is 0 Å². The van der Waals surface area contributed by atoms with E-state index in [0.29, 0.717) is 19.3 Å². The molecule has 0 saturated heterocycles. The molecule has 0 spiro atoms. The molecule has 0 aliphatic heterocycles. The van der Waals surface area contributed by atoms with Crippen LogP contribution in [0.25, 0.3) is 0 Å². The van der Waals surface area contributed by atoms with E-state index in [1.165, 1.54) is 141 Å². The van der Waals surface area contributed by atoms with Crippen LogP contribution in [-0.4, -0.2) is 37.2 Å². The third-order valence-corrected chi connectivity index (χ3v) is 12.1. The molecule has 0 saturated carbocycles. The Labute approximate surface area is 420 Å². The van der Waals surface area contributed by atoms with Crippen molar-refractivity contribution in [3.8, 4) is 0 Å². The number of ether oxygens (including phenoxy) is 3. The molecule has 0 heterocycles. The van der Waals surface area contributed by atoms with Crippen LogP contribution >= 0.6 is 0 Å². The molecular formula is C62H106O6. The van der Waals surface area contributed by atoms with E-state index < -0.39 is 6.10 Å². The molecule has 0 aromatic rings. The second-order valence-electron chi connectivity index (χ2n) is 18.9. The molecular weight excluding hydrogens is 841 g/mol. The first-order valence-electron chi connectivity index (χ1n) is 28.6. The zero-order chi connectivity index (χ0) is 49.3. The molecule has 1 atom stereocenters. The molecule has 1 unspecified atom stereocenters. The Balaban J connectivity index is 4.51. The SMILES string of the molecule is CCCCC/C=C\C/C=C\CCCCCCCCCC(=O)OC(COC(=O)CCC/C=C\C/C=C\C/C=C\CCCCCCCC)COC(=O)CCCCC/C=C\C=C/CCCCCCCCC. The van der Waals surface area contributed by atoms with E-state index in [0.717, 1.165) is 83.5 Å². The topological polar surface area (TPSA) is 78.9 Å². The summed E-state index contributed by atoms with van der Waals surface area (Å²) in [6.07, 6.45) is 72.9.